The molecule has 0 spiro atoms. The number of thiophene rings is 1. The van der Waals surface area contributed by atoms with Crippen LogP contribution in [0.1, 0.15) is 23.3 Å². The maximum atomic E-state index is 11.6. The summed E-state index contributed by atoms with van der Waals surface area (Å²) in [5.41, 5.74) is 4.99. The van der Waals surface area contributed by atoms with Gasteiger partial charge < -0.3 is 4.74 Å². The van der Waals surface area contributed by atoms with E-state index in [1.165, 1.54) is 4.88 Å². The zero-order valence-electron chi connectivity index (χ0n) is 13.0. The summed E-state index contributed by atoms with van der Waals surface area (Å²) in [6.07, 6.45) is 1.89. The number of nitriles is 1. The Morgan fingerprint density at radius 1 is 1.12 bits per heavy atom. The van der Waals surface area contributed by atoms with Gasteiger partial charge in [-0.05, 0) is 36.4 Å². The quantitative estimate of drug-likeness (QED) is 0.754. The molecule has 2 rings (SSSR count). The third-order valence-electron chi connectivity index (χ3n) is 3.11. The highest BCUT2D eigenvalue weighted by Gasteiger charge is 2.08. The molecule has 0 atom stereocenters. The molecule has 0 bridgehead atoms. The number of hydrazine groups is 1. The Kier molecular flexibility index (Phi) is 6.80. The van der Waals surface area contributed by atoms with Gasteiger partial charge in [-0.25, -0.2) is 0 Å². The standard InChI is InChI=1S/C17H17N3O3S/c18-11-13-5-1-2-8-15(13)23-12-17(22)20-19-16(21)9-3-6-14-7-4-10-24-14/h1-2,4-5,7-8,10H,3,6,9,12H2,(H,19,21)(H,20,22). The lowest BCUT2D eigenvalue weighted by atomic mass is 10.2. The van der Waals surface area contributed by atoms with Crippen molar-refractivity contribution in [3.8, 4) is 11.8 Å². The van der Waals surface area contributed by atoms with Gasteiger partial charge in [0, 0.05) is 11.3 Å². The number of nitrogens with one attached hydrogen (secondary N) is 2. The number of hydrogen-bond acceptors (Lipinski definition) is 5. The van der Waals surface area contributed by atoms with E-state index < -0.39 is 5.91 Å². The topological polar surface area (TPSA) is 91.2 Å². The van der Waals surface area contributed by atoms with Crippen molar-refractivity contribution >= 4 is 23.2 Å². The van der Waals surface area contributed by atoms with Crippen LogP contribution in [0.2, 0.25) is 0 Å². The van der Waals surface area contributed by atoms with Crippen LogP contribution >= 0.6 is 11.3 Å². The molecule has 124 valence electrons. The van der Waals surface area contributed by atoms with Gasteiger partial charge in [-0.1, -0.05) is 18.2 Å². The predicted molar refractivity (Wildman–Crippen MR) is 90.2 cm³/mol. The fourth-order valence-corrected chi connectivity index (χ4v) is 2.70. The molecule has 0 aliphatic heterocycles. The molecule has 2 N–H and O–H groups in total. The molecule has 0 aliphatic carbocycles. The molecule has 1 aromatic heterocycles. The first kappa shape index (κ1) is 17.5. The normalized spacial score (nSPS) is 9.79. The van der Waals surface area contributed by atoms with Crippen LogP contribution in [0, 0.1) is 11.3 Å². The third kappa shape index (κ3) is 5.74. The lowest BCUT2D eigenvalue weighted by Gasteiger charge is -2.09. The second-order valence-corrected chi connectivity index (χ2v) is 5.96. The average Bonchev–Trinajstić information content (AvgIpc) is 3.11. The van der Waals surface area contributed by atoms with Crippen LogP contribution in [0.5, 0.6) is 5.75 Å². The number of ether oxygens (including phenoxy) is 1. The molecule has 0 saturated carbocycles. The van der Waals surface area contributed by atoms with Crippen LogP contribution in [-0.4, -0.2) is 18.4 Å². The molecule has 2 aromatic rings. The smallest absolute Gasteiger partial charge is 0.276 e. The first-order valence-electron chi connectivity index (χ1n) is 7.41. The van der Waals surface area contributed by atoms with E-state index in [0.717, 1.165) is 6.42 Å². The van der Waals surface area contributed by atoms with Crippen LogP contribution in [0.4, 0.5) is 0 Å². The van der Waals surface area contributed by atoms with Crippen LogP contribution < -0.4 is 15.6 Å². The number of amides is 2. The maximum Gasteiger partial charge on any atom is 0.276 e. The van der Waals surface area contributed by atoms with Crippen molar-refractivity contribution in [1.29, 1.82) is 5.26 Å². The van der Waals surface area contributed by atoms with Gasteiger partial charge >= 0.3 is 0 Å². The van der Waals surface area contributed by atoms with Crippen LogP contribution in [0.25, 0.3) is 0 Å². The molecule has 0 fully saturated rings. The van der Waals surface area contributed by atoms with Crippen molar-refractivity contribution in [2.75, 3.05) is 6.61 Å². The summed E-state index contributed by atoms with van der Waals surface area (Å²) >= 11 is 1.66. The Labute approximate surface area is 144 Å². The lowest BCUT2D eigenvalue weighted by Crippen LogP contribution is -2.43. The highest BCUT2D eigenvalue weighted by Crippen LogP contribution is 2.16. The molecule has 7 heteroatoms. The van der Waals surface area contributed by atoms with E-state index >= 15 is 0 Å². The molecule has 0 radical (unpaired) electrons. The van der Waals surface area contributed by atoms with Crippen molar-refractivity contribution in [1.82, 2.24) is 10.9 Å². The number of carbonyl (C=O) groups is 2. The van der Waals surface area contributed by atoms with E-state index in [0.29, 0.717) is 24.2 Å². The number of hydrogen-bond donors (Lipinski definition) is 2. The molecule has 24 heavy (non-hydrogen) atoms. The summed E-state index contributed by atoms with van der Waals surface area (Å²) in [4.78, 5) is 24.5. The molecule has 1 aromatic carbocycles. The first-order valence-corrected chi connectivity index (χ1v) is 8.29. The summed E-state index contributed by atoms with van der Waals surface area (Å²) < 4.78 is 5.27. The van der Waals surface area contributed by atoms with E-state index in [4.69, 9.17) is 10.00 Å². The Morgan fingerprint density at radius 3 is 2.67 bits per heavy atom. The first-order chi connectivity index (χ1) is 11.7. The Hall–Kier alpha value is -2.85. The molecule has 0 saturated heterocycles. The number of nitrogens with zero attached hydrogens (tertiary/aromatic N) is 1. The number of aryl methyl sites for hydroxylation is 1. The molecular weight excluding hydrogens is 326 g/mol. The molecular formula is C17H17N3O3S. The summed E-state index contributed by atoms with van der Waals surface area (Å²) in [5.74, 6) is -0.413. The molecule has 6 nitrogen and oxygen atoms in total. The Bertz CT molecular complexity index is 723. The van der Waals surface area contributed by atoms with Crippen molar-refractivity contribution in [2.24, 2.45) is 0 Å². The van der Waals surface area contributed by atoms with E-state index in [1.54, 1.807) is 35.6 Å². The van der Waals surface area contributed by atoms with Gasteiger partial charge in [0.25, 0.3) is 5.91 Å². The second-order valence-electron chi connectivity index (χ2n) is 4.93. The van der Waals surface area contributed by atoms with E-state index in [2.05, 4.69) is 10.9 Å². The highest BCUT2D eigenvalue weighted by molar-refractivity contribution is 7.09. The van der Waals surface area contributed by atoms with Crippen molar-refractivity contribution in [2.45, 2.75) is 19.3 Å². The largest absolute Gasteiger partial charge is 0.482 e. The zero-order valence-corrected chi connectivity index (χ0v) is 13.8. The second kappa shape index (κ2) is 9.33. The fraction of sp³-hybridized carbons (Fsp3) is 0.235. The van der Waals surface area contributed by atoms with Gasteiger partial charge in [-0.15, -0.1) is 11.3 Å². The van der Waals surface area contributed by atoms with Gasteiger partial charge in [0.1, 0.15) is 11.8 Å². The predicted octanol–water partition coefficient (Wildman–Crippen LogP) is 2.17. The minimum Gasteiger partial charge on any atom is -0.482 e. The van der Waals surface area contributed by atoms with Crippen LogP contribution in [0.3, 0.4) is 0 Å². The molecule has 0 aliphatic rings. The minimum absolute atomic E-state index is 0.252. The summed E-state index contributed by atoms with van der Waals surface area (Å²) in [7, 11) is 0. The third-order valence-corrected chi connectivity index (χ3v) is 4.05. The summed E-state index contributed by atoms with van der Waals surface area (Å²) in [6.45, 7) is -0.284. The Balaban J connectivity index is 1.63. The number of rotatable bonds is 7. The lowest BCUT2D eigenvalue weighted by molar-refractivity contribution is -0.130. The highest BCUT2D eigenvalue weighted by atomic mass is 32.1. The fourth-order valence-electron chi connectivity index (χ4n) is 1.94. The monoisotopic (exact) mass is 343 g/mol. The molecule has 1 heterocycles. The summed E-state index contributed by atoms with van der Waals surface area (Å²) in [5, 5.41) is 10.9. The summed E-state index contributed by atoms with van der Waals surface area (Å²) in [6, 6.07) is 12.6. The van der Waals surface area contributed by atoms with E-state index in [-0.39, 0.29) is 12.5 Å². The van der Waals surface area contributed by atoms with Gasteiger partial charge in [0.05, 0.1) is 5.56 Å². The van der Waals surface area contributed by atoms with Gasteiger partial charge in [-0.3, -0.25) is 20.4 Å². The molecule has 0 unspecified atom stereocenters. The van der Waals surface area contributed by atoms with Gasteiger partial charge in [0.2, 0.25) is 5.91 Å². The SMILES string of the molecule is N#Cc1ccccc1OCC(=O)NNC(=O)CCCc1cccs1. The van der Waals surface area contributed by atoms with E-state index in [9.17, 15) is 9.59 Å². The van der Waals surface area contributed by atoms with E-state index in [1.807, 2.05) is 23.6 Å². The van der Waals surface area contributed by atoms with Crippen molar-refractivity contribution in [3.05, 3.63) is 52.2 Å². The zero-order chi connectivity index (χ0) is 17.2. The minimum atomic E-state index is -0.491. The maximum absolute atomic E-state index is 11.6. The molecule has 2 amide bonds. The number of para-hydroxylation sites is 1. The van der Waals surface area contributed by atoms with Gasteiger partial charge in [0.15, 0.2) is 6.61 Å². The number of benzene rings is 1. The average molecular weight is 343 g/mol. The Morgan fingerprint density at radius 2 is 1.92 bits per heavy atom. The van der Waals surface area contributed by atoms with Gasteiger partial charge in [-0.2, -0.15) is 5.26 Å². The number of carbonyl (C=O) groups excluding carboxylic acids is 2. The van der Waals surface area contributed by atoms with Crippen molar-refractivity contribution in [3.63, 3.8) is 0 Å². The van der Waals surface area contributed by atoms with Crippen LogP contribution in [0.15, 0.2) is 41.8 Å². The van der Waals surface area contributed by atoms with Crippen LogP contribution in [-0.2, 0) is 16.0 Å². The van der Waals surface area contributed by atoms with Crippen molar-refractivity contribution < 1.29 is 14.3 Å².